The first-order valence-corrected chi connectivity index (χ1v) is 8.71. The van der Waals surface area contributed by atoms with Crippen molar-refractivity contribution in [3.05, 3.63) is 63.5 Å². The van der Waals surface area contributed by atoms with E-state index in [2.05, 4.69) is 0 Å². The first-order valence-electron chi connectivity index (χ1n) is 8.71. The van der Waals surface area contributed by atoms with Gasteiger partial charge in [0.2, 0.25) is 5.82 Å². The van der Waals surface area contributed by atoms with Gasteiger partial charge in [0.15, 0.2) is 11.5 Å². The molecule has 0 atom stereocenters. The summed E-state index contributed by atoms with van der Waals surface area (Å²) >= 11 is 0. The van der Waals surface area contributed by atoms with Gasteiger partial charge in [-0.05, 0) is 55.0 Å². The molecule has 0 aliphatic rings. The molecule has 0 unspecified atom stereocenters. The number of rotatable bonds is 10. The van der Waals surface area contributed by atoms with Crippen molar-refractivity contribution in [2.75, 3.05) is 7.11 Å². The molecule has 1 N–H and O–H groups in total. The van der Waals surface area contributed by atoms with Crippen LogP contribution in [0.15, 0.2) is 36.4 Å². The fourth-order valence-electron chi connectivity index (χ4n) is 2.80. The number of carbonyl (C=O) groups is 1. The van der Waals surface area contributed by atoms with Crippen molar-refractivity contribution in [1.29, 1.82) is 0 Å². The second-order valence-electron chi connectivity index (χ2n) is 6.29. The number of ketones is 1. The Morgan fingerprint density at radius 3 is 2.48 bits per heavy atom. The number of hydrogen-bond donors (Lipinski definition) is 1. The molecule has 27 heavy (non-hydrogen) atoms. The monoisotopic (exact) mass is 375 g/mol. The maximum Gasteiger partial charge on any atom is 0.305 e. The van der Waals surface area contributed by atoms with Crippen LogP contribution in [-0.2, 0) is 17.6 Å². The van der Waals surface area contributed by atoms with E-state index >= 15 is 0 Å². The molecular formula is C20H22FNO5. The summed E-state index contributed by atoms with van der Waals surface area (Å²) in [7, 11) is 1.47. The topological polar surface area (TPSA) is 89.7 Å². The minimum atomic E-state index is -0.844. The third-order valence-electron chi connectivity index (χ3n) is 4.31. The van der Waals surface area contributed by atoms with Gasteiger partial charge in [0.25, 0.3) is 0 Å². The van der Waals surface area contributed by atoms with Gasteiger partial charge in [0.1, 0.15) is 5.78 Å². The highest BCUT2D eigenvalue weighted by Gasteiger charge is 2.14. The third-order valence-corrected chi connectivity index (χ3v) is 4.31. The van der Waals surface area contributed by atoms with Crippen molar-refractivity contribution in [2.24, 2.45) is 0 Å². The molecule has 0 aliphatic heterocycles. The van der Waals surface area contributed by atoms with Crippen LogP contribution in [-0.4, -0.2) is 22.9 Å². The number of nitro groups is 1. The highest BCUT2D eigenvalue weighted by atomic mass is 19.1. The number of benzene rings is 2. The van der Waals surface area contributed by atoms with Crippen LogP contribution >= 0.6 is 0 Å². The molecule has 0 spiro atoms. The molecule has 0 heterocycles. The van der Waals surface area contributed by atoms with Crippen molar-refractivity contribution in [3.63, 3.8) is 0 Å². The number of halogens is 1. The summed E-state index contributed by atoms with van der Waals surface area (Å²) in [4.78, 5) is 22.0. The van der Waals surface area contributed by atoms with E-state index < -0.39 is 16.4 Å². The van der Waals surface area contributed by atoms with Gasteiger partial charge in [0.05, 0.1) is 12.0 Å². The second kappa shape index (κ2) is 9.66. The molecule has 2 aromatic carbocycles. The fraction of sp³-hybridized carbons (Fsp3) is 0.350. The van der Waals surface area contributed by atoms with E-state index in [-0.39, 0.29) is 11.5 Å². The van der Waals surface area contributed by atoms with Crippen molar-refractivity contribution in [3.8, 4) is 11.5 Å². The van der Waals surface area contributed by atoms with Gasteiger partial charge in [0, 0.05) is 18.9 Å². The molecule has 2 rings (SSSR count). The second-order valence-corrected chi connectivity index (χ2v) is 6.29. The van der Waals surface area contributed by atoms with Crippen molar-refractivity contribution in [1.82, 2.24) is 0 Å². The summed E-state index contributed by atoms with van der Waals surface area (Å²) in [5.74, 6) is -0.277. The summed E-state index contributed by atoms with van der Waals surface area (Å²) in [6.45, 7) is 0. The fourth-order valence-corrected chi connectivity index (χ4v) is 2.80. The molecule has 0 fully saturated rings. The summed E-state index contributed by atoms with van der Waals surface area (Å²) in [6.07, 6.45) is 3.26. The predicted molar refractivity (Wildman–Crippen MR) is 98.6 cm³/mol. The average Bonchev–Trinajstić information content (AvgIpc) is 2.64. The minimum Gasteiger partial charge on any atom is -0.504 e. The maximum absolute atomic E-state index is 13.3. The van der Waals surface area contributed by atoms with E-state index in [9.17, 15) is 24.4 Å². The van der Waals surface area contributed by atoms with Gasteiger partial charge in [-0.3, -0.25) is 14.9 Å². The van der Waals surface area contributed by atoms with E-state index in [1.807, 2.05) is 6.07 Å². The van der Waals surface area contributed by atoms with Crippen molar-refractivity contribution in [2.45, 2.75) is 38.5 Å². The van der Waals surface area contributed by atoms with E-state index in [4.69, 9.17) is 4.74 Å². The Kier molecular flexibility index (Phi) is 7.28. The SMILES string of the molecule is COc1ccc(CCC(=O)CCCCc2ccc(F)c([N+](=O)[O-])c2)cc1O. The number of hydrogen-bond acceptors (Lipinski definition) is 5. The van der Waals surface area contributed by atoms with Crippen LogP contribution in [0.2, 0.25) is 0 Å². The van der Waals surface area contributed by atoms with Crippen LogP contribution < -0.4 is 4.74 Å². The number of phenolic OH excluding ortho intramolecular Hbond substituents is 1. The maximum atomic E-state index is 13.3. The summed E-state index contributed by atoms with van der Waals surface area (Å²) < 4.78 is 18.3. The molecule has 7 heteroatoms. The molecule has 0 saturated heterocycles. The molecule has 144 valence electrons. The number of aryl methyl sites for hydroxylation is 2. The van der Waals surface area contributed by atoms with Gasteiger partial charge >= 0.3 is 5.69 Å². The number of carbonyl (C=O) groups excluding carboxylic acids is 1. The van der Waals surface area contributed by atoms with E-state index in [1.54, 1.807) is 12.1 Å². The number of ether oxygens (including phenoxy) is 1. The average molecular weight is 375 g/mol. The Morgan fingerprint density at radius 2 is 1.81 bits per heavy atom. The molecule has 0 amide bonds. The number of nitrogens with zero attached hydrogens (tertiary/aromatic N) is 1. The Hall–Kier alpha value is -2.96. The zero-order valence-electron chi connectivity index (χ0n) is 15.1. The lowest BCUT2D eigenvalue weighted by molar-refractivity contribution is -0.387. The van der Waals surface area contributed by atoms with E-state index in [1.165, 1.54) is 19.2 Å². The Bertz CT molecular complexity index is 822. The van der Waals surface area contributed by atoms with Crippen LogP contribution in [0.1, 0.15) is 36.8 Å². The summed E-state index contributed by atoms with van der Waals surface area (Å²) in [6, 6.07) is 8.94. The number of methoxy groups -OCH3 is 1. The zero-order valence-corrected chi connectivity index (χ0v) is 15.1. The smallest absolute Gasteiger partial charge is 0.305 e. The highest BCUT2D eigenvalue weighted by Crippen LogP contribution is 2.26. The number of phenols is 1. The number of aromatic hydroxyl groups is 1. The molecule has 2 aromatic rings. The van der Waals surface area contributed by atoms with Gasteiger partial charge < -0.3 is 9.84 Å². The van der Waals surface area contributed by atoms with Gasteiger partial charge in [-0.25, -0.2) is 0 Å². The highest BCUT2D eigenvalue weighted by molar-refractivity contribution is 5.78. The lowest BCUT2D eigenvalue weighted by Gasteiger charge is -2.06. The van der Waals surface area contributed by atoms with E-state index in [0.29, 0.717) is 49.8 Å². The van der Waals surface area contributed by atoms with Crippen LogP contribution in [0.3, 0.4) is 0 Å². The standard InChI is InChI=1S/C20H22FNO5/c1-27-20-11-8-15(13-19(20)24)6-9-16(23)5-3-2-4-14-7-10-17(21)18(12-14)22(25)26/h7-8,10-13,24H,2-6,9H2,1H3. The van der Waals surface area contributed by atoms with Gasteiger partial charge in [-0.2, -0.15) is 4.39 Å². The largest absolute Gasteiger partial charge is 0.504 e. The van der Waals surface area contributed by atoms with Crippen LogP contribution in [0.4, 0.5) is 10.1 Å². The first kappa shape index (κ1) is 20.4. The Morgan fingerprint density at radius 1 is 1.11 bits per heavy atom. The lowest BCUT2D eigenvalue weighted by Crippen LogP contribution is -2.01. The summed E-state index contributed by atoms with van der Waals surface area (Å²) in [5.41, 5.74) is 1.02. The van der Waals surface area contributed by atoms with Gasteiger partial charge in [-0.15, -0.1) is 0 Å². The zero-order chi connectivity index (χ0) is 19.8. The molecule has 6 nitrogen and oxygen atoms in total. The summed E-state index contributed by atoms with van der Waals surface area (Å²) in [5, 5.41) is 20.5. The van der Waals surface area contributed by atoms with Crippen LogP contribution in [0, 0.1) is 15.9 Å². The quantitative estimate of drug-likeness (QED) is 0.378. The number of unbranched alkanes of at least 4 members (excludes halogenated alkanes) is 1. The Balaban J connectivity index is 1.73. The molecular weight excluding hydrogens is 353 g/mol. The molecule has 0 bridgehead atoms. The number of Topliss-reactive ketones (excluding diaryl/α,β-unsaturated/α-hetero) is 1. The predicted octanol–water partition coefficient (Wildman–Crippen LogP) is 4.36. The van der Waals surface area contributed by atoms with E-state index in [0.717, 1.165) is 11.6 Å². The number of nitro benzene ring substituents is 1. The minimum absolute atomic E-state index is 0.0517. The molecule has 0 radical (unpaired) electrons. The molecule has 0 aromatic heterocycles. The lowest BCUT2D eigenvalue weighted by atomic mass is 10.0. The third kappa shape index (κ3) is 6.06. The van der Waals surface area contributed by atoms with Crippen LogP contribution in [0.5, 0.6) is 11.5 Å². The normalized spacial score (nSPS) is 10.6. The van der Waals surface area contributed by atoms with Crippen molar-refractivity contribution < 1.29 is 24.0 Å². The Labute approximate surface area is 156 Å². The van der Waals surface area contributed by atoms with Crippen LogP contribution in [0.25, 0.3) is 0 Å². The van der Waals surface area contributed by atoms with Gasteiger partial charge in [-0.1, -0.05) is 12.1 Å². The van der Waals surface area contributed by atoms with Crippen molar-refractivity contribution >= 4 is 11.5 Å². The molecule has 0 aliphatic carbocycles. The molecule has 0 saturated carbocycles. The first-order chi connectivity index (χ1) is 12.9.